The van der Waals surface area contributed by atoms with Gasteiger partial charge >= 0.3 is 0 Å². The van der Waals surface area contributed by atoms with E-state index < -0.39 is 5.41 Å². The first-order valence-electron chi connectivity index (χ1n) is 7.89. The molecule has 2 N–H and O–H groups in total. The molecule has 0 aliphatic heterocycles. The Hall–Kier alpha value is -2.14. The lowest BCUT2D eigenvalue weighted by atomic mass is 9.96. The van der Waals surface area contributed by atoms with Crippen molar-refractivity contribution in [1.29, 1.82) is 0 Å². The minimum atomic E-state index is -0.473. The Balaban J connectivity index is 2.19. The third kappa shape index (κ3) is 4.03. The molecule has 2 amide bonds. The van der Waals surface area contributed by atoms with Crippen LogP contribution in [0.5, 0.6) is 0 Å². The molecule has 0 bridgehead atoms. The highest BCUT2D eigenvalue weighted by Gasteiger charge is 2.23. The fraction of sp³-hybridized carbons (Fsp3) is 0.368. The average molecular weight is 344 g/mol. The third-order valence-electron chi connectivity index (χ3n) is 3.89. The quantitative estimate of drug-likeness (QED) is 0.831. The molecule has 0 aliphatic carbocycles. The molecule has 2 rings (SSSR count). The molecule has 0 saturated heterocycles. The van der Waals surface area contributed by atoms with E-state index in [9.17, 15) is 9.59 Å². The van der Waals surface area contributed by atoms with Crippen LogP contribution in [0.3, 0.4) is 0 Å². The molecule has 24 heavy (non-hydrogen) atoms. The maximum Gasteiger partial charge on any atom is 0.266 e. The highest BCUT2D eigenvalue weighted by Crippen LogP contribution is 2.29. The van der Waals surface area contributed by atoms with E-state index in [2.05, 4.69) is 10.6 Å². The Morgan fingerprint density at radius 2 is 1.67 bits per heavy atom. The number of benzene rings is 1. The number of carbonyl (C=O) groups is 2. The Kier molecular flexibility index (Phi) is 5.13. The van der Waals surface area contributed by atoms with Gasteiger partial charge in [0.25, 0.3) is 5.91 Å². The second-order valence-electron chi connectivity index (χ2n) is 7.03. The summed E-state index contributed by atoms with van der Waals surface area (Å²) in [7, 11) is 0. The number of anilines is 2. The minimum Gasteiger partial charge on any atom is -0.321 e. The molecule has 1 aromatic heterocycles. The molecular formula is C19H24N2O2S. The number of rotatable bonds is 3. The summed E-state index contributed by atoms with van der Waals surface area (Å²) >= 11 is 1.30. The second kappa shape index (κ2) is 6.77. The summed E-state index contributed by atoms with van der Waals surface area (Å²) in [5.41, 5.74) is 3.38. The van der Waals surface area contributed by atoms with Crippen LogP contribution in [0.2, 0.25) is 0 Å². The number of hydrogen-bond donors (Lipinski definition) is 2. The van der Waals surface area contributed by atoms with E-state index in [4.69, 9.17) is 0 Å². The van der Waals surface area contributed by atoms with Crippen molar-refractivity contribution >= 4 is 33.8 Å². The van der Waals surface area contributed by atoms with Crippen molar-refractivity contribution in [3.05, 3.63) is 45.8 Å². The third-order valence-corrected chi connectivity index (χ3v) is 5.05. The van der Waals surface area contributed by atoms with Crippen molar-refractivity contribution in [2.24, 2.45) is 5.41 Å². The largest absolute Gasteiger partial charge is 0.321 e. The number of thiophene rings is 1. The zero-order chi connectivity index (χ0) is 18.1. The van der Waals surface area contributed by atoms with Crippen LogP contribution in [0, 0.1) is 26.2 Å². The summed E-state index contributed by atoms with van der Waals surface area (Å²) in [4.78, 5) is 25.3. The summed E-state index contributed by atoms with van der Waals surface area (Å²) in [5, 5.41) is 6.54. The van der Waals surface area contributed by atoms with E-state index in [1.807, 2.05) is 65.8 Å². The van der Waals surface area contributed by atoms with Gasteiger partial charge in [0.2, 0.25) is 5.91 Å². The van der Waals surface area contributed by atoms with Crippen molar-refractivity contribution in [2.45, 2.75) is 41.5 Å². The van der Waals surface area contributed by atoms with E-state index in [-0.39, 0.29) is 11.8 Å². The van der Waals surface area contributed by atoms with E-state index in [1.54, 1.807) is 0 Å². The number of carbonyl (C=O) groups excluding carboxylic acids is 2. The van der Waals surface area contributed by atoms with Crippen molar-refractivity contribution in [2.75, 3.05) is 10.6 Å². The van der Waals surface area contributed by atoms with Gasteiger partial charge < -0.3 is 10.6 Å². The maximum absolute atomic E-state index is 12.6. The van der Waals surface area contributed by atoms with Gasteiger partial charge in [0.05, 0.1) is 9.88 Å². The summed E-state index contributed by atoms with van der Waals surface area (Å²) in [5.74, 6) is -0.215. The summed E-state index contributed by atoms with van der Waals surface area (Å²) in [6.45, 7) is 11.5. The topological polar surface area (TPSA) is 58.2 Å². The normalized spacial score (nSPS) is 11.2. The van der Waals surface area contributed by atoms with Gasteiger partial charge in [-0.1, -0.05) is 32.9 Å². The van der Waals surface area contributed by atoms with Crippen molar-refractivity contribution in [1.82, 2.24) is 0 Å². The van der Waals surface area contributed by atoms with E-state index in [0.29, 0.717) is 9.88 Å². The molecular weight excluding hydrogens is 320 g/mol. The number of nitrogens with one attached hydrogen (secondary N) is 2. The Morgan fingerprint density at radius 1 is 1.00 bits per heavy atom. The average Bonchev–Trinajstić information content (AvgIpc) is 2.83. The van der Waals surface area contributed by atoms with Crippen molar-refractivity contribution in [3.63, 3.8) is 0 Å². The van der Waals surface area contributed by atoms with Crippen LogP contribution >= 0.6 is 11.3 Å². The fourth-order valence-electron chi connectivity index (χ4n) is 2.13. The van der Waals surface area contributed by atoms with Gasteiger partial charge in [-0.15, -0.1) is 11.3 Å². The number of aryl methyl sites for hydroxylation is 2. The molecule has 2 aromatic rings. The van der Waals surface area contributed by atoms with Crippen LogP contribution < -0.4 is 10.6 Å². The van der Waals surface area contributed by atoms with E-state index in [0.717, 1.165) is 22.4 Å². The van der Waals surface area contributed by atoms with Crippen LogP contribution in [0.1, 0.15) is 47.1 Å². The first-order valence-corrected chi connectivity index (χ1v) is 8.70. The maximum atomic E-state index is 12.6. The summed E-state index contributed by atoms with van der Waals surface area (Å²) in [6.07, 6.45) is 0. The van der Waals surface area contributed by atoms with Gasteiger partial charge in [0.15, 0.2) is 0 Å². The Labute approximate surface area is 147 Å². The Bertz CT molecular complexity index is 785. The smallest absolute Gasteiger partial charge is 0.266 e. The predicted molar refractivity (Wildman–Crippen MR) is 101 cm³/mol. The molecule has 0 aliphatic rings. The molecule has 128 valence electrons. The van der Waals surface area contributed by atoms with Gasteiger partial charge in [-0.25, -0.2) is 0 Å². The predicted octanol–water partition coefficient (Wildman–Crippen LogP) is 4.91. The van der Waals surface area contributed by atoms with Crippen LogP contribution in [0.4, 0.5) is 10.7 Å². The fourth-order valence-corrected chi connectivity index (χ4v) is 3.10. The van der Waals surface area contributed by atoms with Crippen molar-refractivity contribution in [3.8, 4) is 0 Å². The lowest BCUT2D eigenvalue weighted by Crippen LogP contribution is -2.27. The highest BCUT2D eigenvalue weighted by atomic mass is 32.1. The van der Waals surface area contributed by atoms with E-state index in [1.165, 1.54) is 11.3 Å². The lowest BCUT2D eigenvalue weighted by Gasteiger charge is -2.16. The lowest BCUT2D eigenvalue weighted by molar-refractivity contribution is -0.123. The van der Waals surface area contributed by atoms with Crippen LogP contribution in [-0.4, -0.2) is 11.8 Å². The van der Waals surface area contributed by atoms with Gasteiger partial charge in [-0.3, -0.25) is 9.59 Å². The molecule has 0 fully saturated rings. The number of amides is 2. The molecule has 0 radical (unpaired) electrons. The molecule has 0 spiro atoms. The zero-order valence-corrected chi connectivity index (χ0v) is 15.9. The van der Waals surface area contributed by atoms with Gasteiger partial charge in [-0.2, -0.15) is 0 Å². The highest BCUT2D eigenvalue weighted by molar-refractivity contribution is 7.18. The summed E-state index contributed by atoms with van der Waals surface area (Å²) < 4.78 is 0. The van der Waals surface area contributed by atoms with Crippen molar-refractivity contribution < 1.29 is 9.59 Å². The van der Waals surface area contributed by atoms with Gasteiger partial charge in [-0.05, 0) is 49.6 Å². The molecule has 0 atom stereocenters. The summed E-state index contributed by atoms with van der Waals surface area (Å²) in [6, 6.07) is 7.67. The van der Waals surface area contributed by atoms with Gasteiger partial charge in [0, 0.05) is 11.1 Å². The molecule has 0 saturated carbocycles. The standard InChI is InChI=1S/C19H24N2O2S/c1-11-8-7-9-14(13(11)3)20-17(22)16-12(2)10-15(24-16)21-18(23)19(4,5)6/h7-10H,1-6H3,(H,20,22)(H,21,23). The molecule has 4 nitrogen and oxygen atoms in total. The Morgan fingerprint density at radius 3 is 2.29 bits per heavy atom. The monoisotopic (exact) mass is 344 g/mol. The van der Waals surface area contributed by atoms with Crippen LogP contribution in [0.15, 0.2) is 24.3 Å². The minimum absolute atomic E-state index is 0.0646. The second-order valence-corrected chi connectivity index (χ2v) is 8.08. The molecule has 1 heterocycles. The van der Waals surface area contributed by atoms with Gasteiger partial charge in [0.1, 0.15) is 0 Å². The molecule has 1 aromatic carbocycles. The number of hydrogen-bond acceptors (Lipinski definition) is 3. The molecule has 5 heteroatoms. The SMILES string of the molecule is Cc1cc(NC(=O)C(C)(C)C)sc1C(=O)Nc1cccc(C)c1C. The molecule has 0 unspecified atom stereocenters. The first kappa shape index (κ1) is 18.2. The first-order chi connectivity index (χ1) is 11.1. The van der Waals surface area contributed by atoms with Crippen LogP contribution in [0.25, 0.3) is 0 Å². The van der Waals surface area contributed by atoms with Crippen LogP contribution in [-0.2, 0) is 4.79 Å². The van der Waals surface area contributed by atoms with E-state index >= 15 is 0 Å². The zero-order valence-electron chi connectivity index (χ0n) is 15.0.